The van der Waals surface area contributed by atoms with E-state index in [1.165, 1.54) is 0 Å². The first kappa shape index (κ1) is 8.43. The lowest BCUT2D eigenvalue weighted by Crippen LogP contribution is -2.43. The Morgan fingerprint density at radius 2 is 2.00 bits per heavy atom. The molecule has 0 bridgehead atoms. The Balaban J connectivity index is 4.04. The molecule has 0 heterocycles. The number of carbonyl (C=O) groups is 1. The van der Waals surface area contributed by atoms with E-state index in [0.29, 0.717) is 0 Å². The van der Waals surface area contributed by atoms with Crippen molar-refractivity contribution >= 4 is 5.97 Å². The molecule has 3 heteroatoms. The summed E-state index contributed by atoms with van der Waals surface area (Å²) in [7, 11) is 0. The zero-order chi connectivity index (χ0) is 7.65. The van der Waals surface area contributed by atoms with Gasteiger partial charge in [-0.15, -0.1) is 0 Å². The minimum absolute atomic E-state index is 0.488. The SMILES string of the molecule is C[C@@H](C(=O)O)C(C)(C)N. The van der Waals surface area contributed by atoms with E-state index >= 15 is 0 Å². The lowest BCUT2D eigenvalue weighted by molar-refractivity contribution is -0.142. The van der Waals surface area contributed by atoms with E-state index in [-0.39, 0.29) is 0 Å². The molecule has 0 aliphatic heterocycles. The minimum atomic E-state index is -0.845. The highest BCUT2D eigenvalue weighted by molar-refractivity contribution is 5.71. The van der Waals surface area contributed by atoms with Crippen LogP contribution < -0.4 is 5.73 Å². The smallest absolute Gasteiger partial charge is 0.308 e. The van der Waals surface area contributed by atoms with Gasteiger partial charge in [-0.3, -0.25) is 4.79 Å². The van der Waals surface area contributed by atoms with Crippen LogP contribution in [0.2, 0.25) is 0 Å². The molecular weight excluding hydrogens is 118 g/mol. The molecule has 3 nitrogen and oxygen atoms in total. The second-order valence-corrected chi connectivity index (χ2v) is 2.88. The Morgan fingerprint density at radius 1 is 1.67 bits per heavy atom. The van der Waals surface area contributed by atoms with E-state index in [4.69, 9.17) is 10.8 Å². The summed E-state index contributed by atoms with van der Waals surface area (Å²) in [6.07, 6.45) is 0. The molecule has 3 N–H and O–H groups in total. The topological polar surface area (TPSA) is 63.3 Å². The van der Waals surface area contributed by atoms with E-state index in [2.05, 4.69) is 0 Å². The minimum Gasteiger partial charge on any atom is -0.481 e. The van der Waals surface area contributed by atoms with Crippen molar-refractivity contribution in [1.82, 2.24) is 0 Å². The number of aliphatic carboxylic acids is 1. The fourth-order valence-corrected chi connectivity index (χ4v) is 0.318. The highest BCUT2D eigenvalue weighted by Crippen LogP contribution is 2.11. The Hall–Kier alpha value is -0.570. The van der Waals surface area contributed by atoms with Crippen molar-refractivity contribution in [3.8, 4) is 0 Å². The Bertz CT molecular complexity index is 115. The predicted molar refractivity (Wildman–Crippen MR) is 35.1 cm³/mol. The van der Waals surface area contributed by atoms with Crippen LogP contribution in [0.3, 0.4) is 0 Å². The summed E-state index contributed by atoms with van der Waals surface area (Å²) in [5.41, 5.74) is 4.88. The summed E-state index contributed by atoms with van der Waals surface area (Å²) in [6.45, 7) is 5.00. The van der Waals surface area contributed by atoms with Crippen LogP contribution in [-0.2, 0) is 4.79 Å². The van der Waals surface area contributed by atoms with Gasteiger partial charge in [-0.1, -0.05) is 6.92 Å². The Morgan fingerprint density at radius 3 is 2.00 bits per heavy atom. The standard InChI is InChI=1S/C6H13NO2/c1-4(5(8)9)6(2,3)7/h4H,7H2,1-3H3,(H,8,9)/t4-/m0/s1. The van der Waals surface area contributed by atoms with Gasteiger partial charge in [0.15, 0.2) is 0 Å². The number of carboxylic acids is 1. The van der Waals surface area contributed by atoms with Crippen molar-refractivity contribution < 1.29 is 9.90 Å². The molecule has 0 aromatic heterocycles. The summed E-state index contributed by atoms with van der Waals surface area (Å²) < 4.78 is 0. The first-order valence-corrected chi connectivity index (χ1v) is 2.87. The largest absolute Gasteiger partial charge is 0.481 e. The molecule has 0 aliphatic carbocycles. The van der Waals surface area contributed by atoms with Gasteiger partial charge in [-0.05, 0) is 13.8 Å². The van der Waals surface area contributed by atoms with Crippen LogP contribution in [0, 0.1) is 5.92 Å². The van der Waals surface area contributed by atoms with Gasteiger partial charge < -0.3 is 10.8 Å². The maximum Gasteiger partial charge on any atom is 0.308 e. The molecular formula is C6H13NO2. The average molecular weight is 131 g/mol. The van der Waals surface area contributed by atoms with Crippen LogP contribution in [0.15, 0.2) is 0 Å². The average Bonchev–Trinajstić information content (AvgIpc) is 1.62. The number of hydrogen-bond donors (Lipinski definition) is 2. The highest BCUT2D eigenvalue weighted by atomic mass is 16.4. The molecule has 9 heavy (non-hydrogen) atoms. The zero-order valence-corrected chi connectivity index (χ0v) is 6.01. The predicted octanol–water partition coefficient (Wildman–Crippen LogP) is 0.444. The van der Waals surface area contributed by atoms with Gasteiger partial charge in [0.25, 0.3) is 0 Å². The molecule has 0 unspecified atom stereocenters. The first-order chi connectivity index (χ1) is 3.85. The molecule has 0 aromatic rings. The molecule has 0 aliphatic rings. The normalized spacial score (nSPS) is 15.1. The second kappa shape index (κ2) is 2.35. The van der Waals surface area contributed by atoms with Gasteiger partial charge in [0, 0.05) is 5.54 Å². The summed E-state index contributed by atoms with van der Waals surface area (Å²) in [5, 5.41) is 8.44. The number of nitrogens with two attached hydrogens (primary N) is 1. The zero-order valence-electron chi connectivity index (χ0n) is 6.01. The van der Waals surface area contributed by atoms with Crippen molar-refractivity contribution in [3.63, 3.8) is 0 Å². The van der Waals surface area contributed by atoms with Crippen LogP contribution >= 0.6 is 0 Å². The van der Waals surface area contributed by atoms with E-state index in [1.807, 2.05) is 0 Å². The van der Waals surface area contributed by atoms with Crippen molar-refractivity contribution in [2.75, 3.05) is 0 Å². The lowest BCUT2D eigenvalue weighted by Gasteiger charge is -2.22. The van der Waals surface area contributed by atoms with Gasteiger partial charge in [-0.25, -0.2) is 0 Å². The van der Waals surface area contributed by atoms with Gasteiger partial charge >= 0.3 is 5.97 Å². The van der Waals surface area contributed by atoms with Crippen LogP contribution in [0.5, 0.6) is 0 Å². The van der Waals surface area contributed by atoms with E-state index in [1.54, 1.807) is 20.8 Å². The molecule has 0 rings (SSSR count). The number of hydrogen-bond acceptors (Lipinski definition) is 2. The van der Waals surface area contributed by atoms with Gasteiger partial charge in [0.2, 0.25) is 0 Å². The molecule has 0 saturated heterocycles. The Kier molecular flexibility index (Phi) is 2.20. The third kappa shape index (κ3) is 2.46. The summed E-state index contributed by atoms with van der Waals surface area (Å²) in [4.78, 5) is 10.3. The third-order valence-corrected chi connectivity index (χ3v) is 1.49. The molecule has 54 valence electrons. The fourth-order valence-electron chi connectivity index (χ4n) is 0.318. The third-order valence-electron chi connectivity index (χ3n) is 1.49. The molecule has 0 spiro atoms. The fraction of sp³-hybridized carbons (Fsp3) is 0.833. The number of rotatable bonds is 2. The summed E-state index contributed by atoms with van der Waals surface area (Å²) >= 11 is 0. The lowest BCUT2D eigenvalue weighted by atomic mass is 9.91. The van der Waals surface area contributed by atoms with Crippen LogP contribution in [-0.4, -0.2) is 16.6 Å². The molecule has 0 amide bonds. The van der Waals surface area contributed by atoms with E-state index < -0.39 is 17.4 Å². The molecule has 0 fully saturated rings. The first-order valence-electron chi connectivity index (χ1n) is 2.87. The molecule has 0 radical (unpaired) electrons. The van der Waals surface area contributed by atoms with Crippen molar-refractivity contribution in [3.05, 3.63) is 0 Å². The molecule has 0 aromatic carbocycles. The van der Waals surface area contributed by atoms with Gasteiger partial charge in [0.05, 0.1) is 5.92 Å². The molecule has 0 saturated carbocycles. The van der Waals surface area contributed by atoms with E-state index in [0.717, 1.165) is 0 Å². The summed E-state index contributed by atoms with van der Waals surface area (Å²) in [5.74, 6) is -1.33. The van der Waals surface area contributed by atoms with Crippen LogP contribution in [0.25, 0.3) is 0 Å². The number of carboxylic acid groups (broad SMARTS) is 1. The van der Waals surface area contributed by atoms with Crippen LogP contribution in [0.1, 0.15) is 20.8 Å². The second-order valence-electron chi connectivity index (χ2n) is 2.88. The van der Waals surface area contributed by atoms with Crippen molar-refractivity contribution in [1.29, 1.82) is 0 Å². The Labute approximate surface area is 54.9 Å². The highest BCUT2D eigenvalue weighted by Gasteiger charge is 2.26. The summed E-state index contributed by atoms with van der Waals surface area (Å²) in [6, 6.07) is 0. The van der Waals surface area contributed by atoms with E-state index in [9.17, 15) is 4.79 Å². The quantitative estimate of drug-likeness (QED) is 0.571. The van der Waals surface area contributed by atoms with Crippen molar-refractivity contribution in [2.45, 2.75) is 26.3 Å². The van der Waals surface area contributed by atoms with Crippen molar-refractivity contribution in [2.24, 2.45) is 11.7 Å². The van der Waals surface area contributed by atoms with Crippen LogP contribution in [0.4, 0.5) is 0 Å². The van der Waals surface area contributed by atoms with Gasteiger partial charge in [0.1, 0.15) is 0 Å². The molecule has 1 atom stereocenters. The van der Waals surface area contributed by atoms with Gasteiger partial charge in [-0.2, -0.15) is 0 Å². The monoisotopic (exact) mass is 131 g/mol. The maximum atomic E-state index is 10.3. The maximum absolute atomic E-state index is 10.3.